The van der Waals surface area contributed by atoms with Gasteiger partial charge in [0.25, 0.3) is 0 Å². The van der Waals surface area contributed by atoms with Crippen LogP contribution >= 0.6 is 0 Å². The van der Waals surface area contributed by atoms with E-state index in [9.17, 15) is 9.00 Å². The Kier molecular flexibility index (Phi) is 5.00. The van der Waals surface area contributed by atoms with E-state index in [1.165, 1.54) is 7.11 Å². The summed E-state index contributed by atoms with van der Waals surface area (Å²) in [7, 11) is 0.0685. The molecule has 0 spiro atoms. The van der Waals surface area contributed by atoms with Crippen molar-refractivity contribution in [1.82, 2.24) is 0 Å². The smallest absolute Gasteiger partial charge is 0.338 e. The minimum atomic E-state index is -1.28. The molecule has 0 aromatic heterocycles. The van der Waals surface area contributed by atoms with E-state index < -0.39 is 11.0 Å². The van der Waals surface area contributed by atoms with Crippen LogP contribution in [0.2, 0.25) is 0 Å². The number of hydrogen-bond donors (Lipinski definition) is 0. The van der Waals surface area contributed by atoms with Crippen LogP contribution in [0, 0.1) is 6.92 Å². The first-order valence-corrected chi connectivity index (χ1v) is 7.01. The lowest BCUT2D eigenvalue weighted by Crippen LogP contribution is -2.19. The monoisotopic (exact) mass is 281 g/mol. The second-order valence-electron chi connectivity index (χ2n) is 5.16. The number of ether oxygens (including phenoxy) is 1. The maximum absolute atomic E-state index is 11.8. The van der Waals surface area contributed by atoms with E-state index >= 15 is 0 Å². The average molecular weight is 281 g/mol. The lowest BCUT2D eigenvalue weighted by molar-refractivity contribution is 0.0600. The summed E-state index contributed by atoms with van der Waals surface area (Å²) in [5.41, 5.74) is 2.14. The Bertz CT molecular complexity index is 530. The highest BCUT2D eigenvalue weighted by molar-refractivity contribution is 7.85. The molecule has 1 atom stereocenters. The predicted octanol–water partition coefficient (Wildman–Crippen LogP) is 2.66. The Labute approximate surface area is 116 Å². The summed E-state index contributed by atoms with van der Waals surface area (Å²) in [5.74, 6) is -0.362. The third kappa shape index (κ3) is 4.28. The van der Waals surface area contributed by atoms with Gasteiger partial charge in [-0.05, 0) is 51.0 Å². The maximum Gasteiger partial charge on any atom is 0.338 e. The second-order valence-corrected chi connectivity index (χ2v) is 7.10. The number of aryl methyl sites for hydroxylation is 1. The van der Waals surface area contributed by atoms with Gasteiger partial charge in [-0.3, -0.25) is 0 Å². The minimum absolute atomic E-state index is 0.362. The molecule has 0 fully saturated rings. The fourth-order valence-corrected chi connectivity index (χ4v) is 1.91. The summed E-state index contributed by atoms with van der Waals surface area (Å²) >= 11 is 0. The number of methoxy groups -OCH3 is 1. The molecule has 0 radical (unpaired) electrons. The first-order valence-electron chi connectivity index (χ1n) is 5.90. The molecule has 4 nitrogen and oxygen atoms in total. The van der Waals surface area contributed by atoms with E-state index in [-0.39, 0.29) is 10.7 Å². The molecule has 19 heavy (non-hydrogen) atoms. The number of benzene rings is 1. The van der Waals surface area contributed by atoms with Crippen molar-refractivity contribution in [3.63, 3.8) is 0 Å². The fourth-order valence-electron chi connectivity index (χ4n) is 1.37. The van der Waals surface area contributed by atoms with Crippen LogP contribution in [0.15, 0.2) is 22.6 Å². The molecule has 104 valence electrons. The van der Waals surface area contributed by atoms with Gasteiger partial charge in [0.15, 0.2) is 0 Å². The zero-order chi connectivity index (χ0) is 14.6. The quantitative estimate of drug-likeness (QED) is 0.632. The van der Waals surface area contributed by atoms with Gasteiger partial charge >= 0.3 is 5.97 Å². The van der Waals surface area contributed by atoms with Crippen LogP contribution in [0.3, 0.4) is 0 Å². The number of carbonyl (C=O) groups is 1. The van der Waals surface area contributed by atoms with Crippen LogP contribution in [0.5, 0.6) is 0 Å². The van der Waals surface area contributed by atoms with Crippen molar-refractivity contribution in [2.45, 2.75) is 32.4 Å². The van der Waals surface area contributed by atoms with Gasteiger partial charge in [0.1, 0.15) is 11.0 Å². The third-order valence-electron chi connectivity index (χ3n) is 2.48. The second kappa shape index (κ2) is 6.10. The van der Waals surface area contributed by atoms with Gasteiger partial charge in [-0.25, -0.2) is 9.00 Å². The van der Waals surface area contributed by atoms with E-state index in [2.05, 4.69) is 9.13 Å². The van der Waals surface area contributed by atoms with Gasteiger partial charge in [0.2, 0.25) is 0 Å². The number of nitrogens with zero attached hydrogens (tertiary/aromatic N) is 1. The summed E-state index contributed by atoms with van der Waals surface area (Å²) in [4.78, 5) is 11.4. The van der Waals surface area contributed by atoms with Crippen molar-refractivity contribution in [3.8, 4) is 0 Å². The molecule has 0 bridgehead atoms. The zero-order valence-electron chi connectivity index (χ0n) is 11.9. The Morgan fingerprint density at radius 2 is 2.00 bits per heavy atom. The summed E-state index contributed by atoms with van der Waals surface area (Å²) in [6.07, 6.45) is 1.56. The van der Waals surface area contributed by atoms with Crippen molar-refractivity contribution in [1.29, 1.82) is 0 Å². The van der Waals surface area contributed by atoms with Crippen molar-refractivity contribution in [2.24, 2.45) is 4.40 Å². The van der Waals surface area contributed by atoms with Crippen LogP contribution < -0.4 is 0 Å². The van der Waals surface area contributed by atoms with Crippen LogP contribution in [0.1, 0.15) is 42.3 Å². The van der Waals surface area contributed by atoms with Crippen LogP contribution in [-0.2, 0) is 15.7 Å². The highest BCUT2D eigenvalue weighted by Gasteiger charge is 2.18. The highest BCUT2D eigenvalue weighted by Crippen LogP contribution is 2.14. The summed E-state index contributed by atoms with van der Waals surface area (Å²) in [6.45, 7) is 7.43. The number of esters is 1. The summed E-state index contributed by atoms with van der Waals surface area (Å²) in [5, 5.41) is 0. The van der Waals surface area contributed by atoms with Gasteiger partial charge < -0.3 is 4.74 Å². The number of hydrogen-bond acceptors (Lipinski definition) is 3. The molecular weight excluding hydrogens is 262 g/mol. The highest BCUT2D eigenvalue weighted by atomic mass is 32.2. The van der Waals surface area contributed by atoms with Gasteiger partial charge in [0.05, 0.1) is 17.4 Å². The van der Waals surface area contributed by atoms with E-state index in [4.69, 9.17) is 0 Å². The van der Waals surface area contributed by atoms with Crippen molar-refractivity contribution in [2.75, 3.05) is 7.11 Å². The van der Waals surface area contributed by atoms with E-state index in [0.29, 0.717) is 5.56 Å². The van der Waals surface area contributed by atoms with E-state index in [0.717, 1.165) is 11.1 Å². The Morgan fingerprint density at radius 1 is 1.37 bits per heavy atom. The Hall–Kier alpha value is -1.49. The standard InChI is InChI=1S/C14H19NO3S/c1-10-8-11(6-7-12(10)13(16)18-5)9-15-19(17)14(2,3)4/h6-9H,1-5H3/b15-9+. The van der Waals surface area contributed by atoms with E-state index in [1.807, 2.05) is 33.8 Å². The van der Waals surface area contributed by atoms with Gasteiger partial charge in [-0.15, -0.1) is 0 Å². The molecular formula is C14H19NO3S. The Morgan fingerprint density at radius 3 is 2.47 bits per heavy atom. The molecule has 5 heteroatoms. The van der Waals surface area contributed by atoms with Crippen molar-refractivity contribution >= 4 is 23.2 Å². The Balaban J connectivity index is 2.94. The first kappa shape index (κ1) is 15.6. The molecule has 0 aliphatic rings. The maximum atomic E-state index is 11.8. The van der Waals surface area contributed by atoms with Crippen LogP contribution in [-0.4, -0.2) is 28.2 Å². The van der Waals surface area contributed by atoms with Crippen LogP contribution in [0.25, 0.3) is 0 Å². The molecule has 1 aromatic rings. The fraction of sp³-hybridized carbons (Fsp3) is 0.429. The topological polar surface area (TPSA) is 55.7 Å². The van der Waals surface area contributed by atoms with Crippen molar-refractivity contribution < 1.29 is 13.7 Å². The molecule has 0 saturated carbocycles. The number of rotatable bonds is 3. The molecule has 0 amide bonds. The summed E-state index contributed by atoms with van der Waals surface area (Å²) < 4.78 is 20.1. The van der Waals surface area contributed by atoms with E-state index in [1.54, 1.807) is 18.3 Å². The average Bonchev–Trinajstić information content (AvgIpc) is 2.34. The molecule has 1 aromatic carbocycles. The molecule has 0 saturated heterocycles. The lowest BCUT2D eigenvalue weighted by atomic mass is 10.1. The van der Waals surface area contributed by atoms with Gasteiger partial charge in [-0.2, -0.15) is 4.40 Å². The largest absolute Gasteiger partial charge is 0.465 e. The van der Waals surface area contributed by atoms with Crippen LogP contribution in [0.4, 0.5) is 0 Å². The first-order chi connectivity index (χ1) is 8.75. The normalized spacial score (nSPS) is 13.5. The SMILES string of the molecule is COC(=O)c1ccc(/C=N/S(=O)C(C)(C)C)cc1C. The minimum Gasteiger partial charge on any atom is -0.465 e. The van der Waals surface area contributed by atoms with Crippen molar-refractivity contribution in [3.05, 3.63) is 34.9 Å². The molecule has 0 heterocycles. The molecule has 0 aliphatic carbocycles. The molecule has 1 rings (SSSR count). The van der Waals surface area contributed by atoms with Gasteiger partial charge in [-0.1, -0.05) is 6.07 Å². The number of carbonyl (C=O) groups excluding carboxylic acids is 1. The molecule has 0 aliphatic heterocycles. The zero-order valence-corrected chi connectivity index (χ0v) is 12.7. The predicted molar refractivity (Wildman–Crippen MR) is 78.0 cm³/mol. The molecule has 0 N–H and O–H groups in total. The van der Waals surface area contributed by atoms with Gasteiger partial charge in [0, 0.05) is 6.21 Å². The third-order valence-corrected chi connectivity index (χ3v) is 3.82. The lowest BCUT2D eigenvalue weighted by Gasteiger charge is -2.12. The molecule has 1 unspecified atom stereocenters. The summed E-state index contributed by atoms with van der Waals surface area (Å²) in [6, 6.07) is 5.25.